The van der Waals surface area contributed by atoms with Crippen molar-refractivity contribution in [2.45, 2.75) is 12.8 Å². The highest BCUT2D eigenvalue weighted by molar-refractivity contribution is 5.72. The number of oxazole rings is 1. The zero-order valence-corrected chi connectivity index (χ0v) is 11.5. The summed E-state index contributed by atoms with van der Waals surface area (Å²) >= 11 is 0. The van der Waals surface area contributed by atoms with E-state index in [-0.39, 0.29) is 0 Å². The lowest BCUT2D eigenvalue weighted by atomic mass is 10.1. The number of aromatic amines is 1. The van der Waals surface area contributed by atoms with Gasteiger partial charge in [0.05, 0.1) is 5.52 Å². The highest BCUT2D eigenvalue weighted by Gasteiger charge is 2.03. The second-order valence-corrected chi connectivity index (χ2v) is 4.86. The maximum atomic E-state index is 11.1. The average Bonchev–Trinajstić information content (AvgIpc) is 2.76. The van der Waals surface area contributed by atoms with Crippen molar-refractivity contribution < 1.29 is 4.42 Å². The van der Waals surface area contributed by atoms with Crippen LogP contribution in [-0.2, 0) is 6.42 Å². The van der Waals surface area contributed by atoms with E-state index in [9.17, 15) is 4.79 Å². The van der Waals surface area contributed by atoms with Crippen LogP contribution in [0.15, 0.2) is 27.4 Å². The number of H-pyrrole nitrogens is 1. The molecular formula is C14H21N3O2. The first kappa shape index (κ1) is 13.8. The number of rotatable bonds is 7. The molecule has 2 N–H and O–H groups in total. The minimum atomic E-state index is -0.392. The van der Waals surface area contributed by atoms with Crippen LogP contribution in [-0.4, -0.2) is 43.6 Å². The van der Waals surface area contributed by atoms with Gasteiger partial charge in [-0.15, -0.1) is 0 Å². The van der Waals surface area contributed by atoms with E-state index in [2.05, 4.69) is 22.2 Å². The summed E-state index contributed by atoms with van der Waals surface area (Å²) in [4.78, 5) is 16.0. The molecule has 1 aromatic heterocycles. The summed E-state index contributed by atoms with van der Waals surface area (Å²) < 4.78 is 5.06. The Morgan fingerprint density at radius 2 is 2.21 bits per heavy atom. The van der Waals surface area contributed by atoms with Gasteiger partial charge >= 0.3 is 5.76 Å². The van der Waals surface area contributed by atoms with Gasteiger partial charge in [-0.1, -0.05) is 6.07 Å². The fourth-order valence-corrected chi connectivity index (χ4v) is 2.10. The Kier molecular flexibility index (Phi) is 4.76. The Hall–Kier alpha value is -1.59. The lowest BCUT2D eigenvalue weighted by Gasteiger charge is -2.16. The second-order valence-electron chi connectivity index (χ2n) is 4.86. The van der Waals surface area contributed by atoms with E-state index >= 15 is 0 Å². The molecular weight excluding hydrogens is 242 g/mol. The van der Waals surface area contributed by atoms with E-state index in [1.807, 2.05) is 25.2 Å². The maximum absolute atomic E-state index is 11.1. The van der Waals surface area contributed by atoms with Crippen LogP contribution in [0.4, 0.5) is 0 Å². The van der Waals surface area contributed by atoms with Gasteiger partial charge in [0.1, 0.15) is 0 Å². The fourth-order valence-electron chi connectivity index (χ4n) is 2.10. The molecule has 0 bridgehead atoms. The minimum absolute atomic E-state index is 0.392. The quantitative estimate of drug-likeness (QED) is 0.737. The Labute approximate surface area is 112 Å². The standard InChI is InChI=1S/C14H21N3O2/c1-15-7-3-8-17(2)9-6-11-4-5-12-13(10-11)19-14(18)16-12/h4-5,10,15H,3,6-9H2,1-2H3,(H,16,18). The summed E-state index contributed by atoms with van der Waals surface area (Å²) in [6.07, 6.45) is 2.11. The lowest BCUT2D eigenvalue weighted by molar-refractivity contribution is 0.332. The van der Waals surface area contributed by atoms with Crippen molar-refractivity contribution in [2.75, 3.05) is 33.7 Å². The molecule has 2 rings (SSSR count). The molecule has 2 aromatic rings. The van der Waals surface area contributed by atoms with E-state index in [4.69, 9.17) is 4.42 Å². The molecule has 1 aromatic carbocycles. The van der Waals surface area contributed by atoms with E-state index in [1.54, 1.807) is 0 Å². The number of aromatic nitrogens is 1. The number of fused-ring (bicyclic) bond motifs is 1. The van der Waals surface area contributed by atoms with Crippen molar-refractivity contribution in [3.8, 4) is 0 Å². The van der Waals surface area contributed by atoms with Crippen molar-refractivity contribution in [3.63, 3.8) is 0 Å². The maximum Gasteiger partial charge on any atom is 0.417 e. The van der Waals surface area contributed by atoms with Gasteiger partial charge < -0.3 is 14.6 Å². The first-order valence-electron chi connectivity index (χ1n) is 6.64. The molecule has 0 radical (unpaired) electrons. The first-order valence-corrected chi connectivity index (χ1v) is 6.64. The lowest BCUT2D eigenvalue weighted by Crippen LogP contribution is -2.24. The Morgan fingerprint density at radius 1 is 1.37 bits per heavy atom. The predicted octanol–water partition coefficient (Wildman–Crippen LogP) is 1.20. The van der Waals surface area contributed by atoms with Crippen LogP contribution in [0.3, 0.4) is 0 Å². The third-order valence-corrected chi connectivity index (χ3v) is 3.23. The Morgan fingerprint density at radius 3 is 3.00 bits per heavy atom. The molecule has 0 unspecified atom stereocenters. The number of likely N-dealkylation sites (N-methyl/N-ethyl adjacent to an activating group) is 1. The normalized spacial score (nSPS) is 11.5. The van der Waals surface area contributed by atoms with Crippen molar-refractivity contribution in [1.29, 1.82) is 0 Å². The largest absolute Gasteiger partial charge is 0.417 e. The molecule has 0 fully saturated rings. The molecule has 0 aliphatic heterocycles. The van der Waals surface area contributed by atoms with Crippen molar-refractivity contribution in [1.82, 2.24) is 15.2 Å². The number of nitrogens with one attached hydrogen (secondary N) is 2. The number of nitrogens with zero attached hydrogens (tertiary/aromatic N) is 1. The highest BCUT2D eigenvalue weighted by atomic mass is 16.4. The zero-order chi connectivity index (χ0) is 13.7. The highest BCUT2D eigenvalue weighted by Crippen LogP contribution is 2.12. The van der Waals surface area contributed by atoms with E-state index in [1.165, 1.54) is 5.56 Å². The number of hydrogen-bond donors (Lipinski definition) is 2. The van der Waals surface area contributed by atoms with E-state index in [0.29, 0.717) is 5.58 Å². The molecule has 5 nitrogen and oxygen atoms in total. The van der Waals surface area contributed by atoms with Crippen LogP contribution in [0, 0.1) is 0 Å². The molecule has 0 amide bonds. The third kappa shape index (κ3) is 3.94. The average molecular weight is 263 g/mol. The number of hydrogen-bond acceptors (Lipinski definition) is 4. The monoisotopic (exact) mass is 263 g/mol. The van der Waals surface area contributed by atoms with Crippen molar-refractivity contribution >= 4 is 11.1 Å². The summed E-state index contributed by atoms with van der Waals surface area (Å²) in [5.41, 5.74) is 2.59. The van der Waals surface area contributed by atoms with E-state index < -0.39 is 5.76 Å². The van der Waals surface area contributed by atoms with Crippen molar-refractivity contribution in [3.05, 3.63) is 34.3 Å². The predicted molar refractivity (Wildman–Crippen MR) is 76.6 cm³/mol. The van der Waals surface area contributed by atoms with Crippen molar-refractivity contribution in [2.24, 2.45) is 0 Å². The molecule has 0 aliphatic rings. The van der Waals surface area contributed by atoms with Crippen LogP contribution in [0.2, 0.25) is 0 Å². The summed E-state index contributed by atoms with van der Waals surface area (Å²) in [5, 5.41) is 3.15. The summed E-state index contributed by atoms with van der Waals surface area (Å²) in [6.45, 7) is 3.14. The van der Waals surface area contributed by atoms with Gasteiger partial charge in [-0.3, -0.25) is 4.98 Å². The third-order valence-electron chi connectivity index (χ3n) is 3.23. The Balaban J connectivity index is 1.88. The van der Waals surface area contributed by atoms with Gasteiger partial charge in [-0.05, 0) is 57.7 Å². The zero-order valence-electron chi connectivity index (χ0n) is 11.5. The minimum Gasteiger partial charge on any atom is -0.408 e. The molecule has 104 valence electrons. The second kappa shape index (κ2) is 6.54. The molecule has 0 aliphatic carbocycles. The van der Waals surface area contributed by atoms with Gasteiger partial charge in [0.2, 0.25) is 0 Å². The topological polar surface area (TPSA) is 61.3 Å². The summed E-state index contributed by atoms with van der Waals surface area (Å²) in [7, 11) is 4.10. The van der Waals surface area contributed by atoms with Crippen LogP contribution < -0.4 is 11.1 Å². The summed E-state index contributed by atoms with van der Waals surface area (Å²) in [5.74, 6) is -0.392. The molecule has 0 saturated heterocycles. The van der Waals surface area contributed by atoms with Crippen LogP contribution in [0.5, 0.6) is 0 Å². The number of benzene rings is 1. The molecule has 19 heavy (non-hydrogen) atoms. The molecule has 1 heterocycles. The SMILES string of the molecule is CNCCCN(C)CCc1ccc2[nH]c(=O)oc2c1. The van der Waals surface area contributed by atoms with Crippen LogP contribution >= 0.6 is 0 Å². The van der Waals surface area contributed by atoms with E-state index in [0.717, 1.165) is 38.0 Å². The van der Waals surface area contributed by atoms with Gasteiger partial charge in [0.25, 0.3) is 0 Å². The van der Waals surface area contributed by atoms with Gasteiger partial charge in [-0.2, -0.15) is 0 Å². The Bertz CT molecular complexity index is 573. The van der Waals surface area contributed by atoms with Gasteiger partial charge in [-0.25, -0.2) is 4.79 Å². The molecule has 0 spiro atoms. The summed E-state index contributed by atoms with van der Waals surface area (Å²) in [6, 6.07) is 5.88. The molecule has 5 heteroatoms. The van der Waals surface area contributed by atoms with Crippen LogP contribution in [0.25, 0.3) is 11.1 Å². The molecule has 0 saturated carbocycles. The molecule has 0 atom stereocenters. The van der Waals surface area contributed by atoms with Gasteiger partial charge in [0, 0.05) is 6.54 Å². The fraction of sp³-hybridized carbons (Fsp3) is 0.500. The van der Waals surface area contributed by atoms with Crippen LogP contribution in [0.1, 0.15) is 12.0 Å². The van der Waals surface area contributed by atoms with Gasteiger partial charge in [0.15, 0.2) is 5.58 Å². The smallest absolute Gasteiger partial charge is 0.408 e. The first-order chi connectivity index (χ1) is 9.19.